The summed E-state index contributed by atoms with van der Waals surface area (Å²) in [6, 6.07) is 10.5. The van der Waals surface area contributed by atoms with E-state index in [2.05, 4.69) is 10.3 Å². The van der Waals surface area contributed by atoms with E-state index in [0.717, 1.165) is 15.4 Å². The Morgan fingerprint density at radius 3 is 2.71 bits per heavy atom. The molecule has 4 rings (SSSR count). The molecule has 0 radical (unpaired) electrons. The zero-order valence-electron chi connectivity index (χ0n) is 12.7. The van der Waals surface area contributed by atoms with Crippen LogP contribution < -0.4 is 9.62 Å². The largest absolute Gasteiger partial charge is 0.300 e. The van der Waals surface area contributed by atoms with Crippen LogP contribution >= 0.6 is 11.3 Å². The molecule has 0 fully saturated rings. The third-order valence-corrected chi connectivity index (χ3v) is 6.51. The minimum Gasteiger partial charge on any atom is -0.300 e. The number of rotatable bonds is 3. The van der Waals surface area contributed by atoms with Crippen LogP contribution in [0.2, 0.25) is 0 Å². The molecule has 122 valence electrons. The average molecular weight is 359 g/mol. The van der Waals surface area contributed by atoms with Crippen LogP contribution in [0.15, 0.2) is 46.7 Å². The molecule has 0 atom stereocenters. The van der Waals surface area contributed by atoms with Crippen LogP contribution in [0, 0.1) is 6.92 Å². The maximum absolute atomic E-state index is 12.8. The molecule has 1 aromatic heterocycles. The lowest BCUT2D eigenvalue weighted by atomic mass is 10.1. The standard InChI is InChI=1S/C16H13N3O3S2/c1-10-9-23-16(17-10)18-14(20)8-19-12-6-2-4-11-5-3-7-13(15(11)12)24(19,21)22/h2-7,9H,8H2,1H3,(H,17,18,20). The zero-order valence-corrected chi connectivity index (χ0v) is 14.3. The Bertz CT molecular complexity index is 1070. The summed E-state index contributed by atoms with van der Waals surface area (Å²) in [5.74, 6) is -0.419. The van der Waals surface area contributed by atoms with Crippen LogP contribution in [0.5, 0.6) is 0 Å². The number of amides is 1. The number of aryl methyl sites for hydroxylation is 1. The number of sulfonamides is 1. The number of aromatic nitrogens is 1. The van der Waals surface area contributed by atoms with Crippen LogP contribution in [0.4, 0.5) is 10.8 Å². The van der Waals surface area contributed by atoms with Crippen molar-refractivity contribution in [2.24, 2.45) is 0 Å². The van der Waals surface area contributed by atoms with Gasteiger partial charge in [-0.15, -0.1) is 11.3 Å². The lowest BCUT2D eigenvalue weighted by Gasteiger charge is -2.17. The lowest BCUT2D eigenvalue weighted by Crippen LogP contribution is -2.35. The van der Waals surface area contributed by atoms with Gasteiger partial charge in [-0.3, -0.25) is 9.10 Å². The molecule has 8 heteroatoms. The number of hydrogen-bond donors (Lipinski definition) is 1. The molecule has 2 aromatic carbocycles. The highest BCUT2D eigenvalue weighted by molar-refractivity contribution is 7.93. The Morgan fingerprint density at radius 1 is 1.25 bits per heavy atom. The van der Waals surface area contributed by atoms with E-state index in [4.69, 9.17) is 0 Å². The lowest BCUT2D eigenvalue weighted by molar-refractivity contribution is -0.114. The predicted octanol–water partition coefficient (Wildman–Crippen LogP) is 2.75. The van der Waals surface area contributed by atoms with Crippen LogP contribution in [0.1, 0.15) is 5.69 Å². The summed E-state index contributed by atoms with van der Waals surface area (Å²) in [4.78, 5) is 16.7. The van der Waals surface area contributed by atoms with E-state index >= 15 is 0 Å². The Hall–Kier alpha value is -2.45. The Kier molecular flexibility index (Phi) is 3.33. The summed E-state index contributed by atoms with van der Waals surface area (Å²) < 4.78 is 26.7. The first-order valence-electron chi connectivity index (χ1n) is 7.23. The number of thiazole rings is 1. The van der Waals surface area contributed by atoms with E-state index in [1.165, 1.54) is 11.3 Å². The molecule has 24 heavy (non-hydrogen) atoms. The van der Waals surface area contributed by atoms with E-state index in [1.807, 2.05) is 24.4 Å². The molecule has 0 aliphatic carbocycles. The highest BCUT2D eigenvalue weighted by Crippen LogP contribution is 2.41. The number of hydrogen-bond acceptors (Lipinski definition) is 5. The quantitative estimate of drug-likeness (QED) is 0.780. The summed E-state index contributed by atoms with van der Waals surface area (Å²) in [7, 11) is -3.73. The highest BCUT2D eigenvalue weighted by Gasteiger charge is 2.36. The average Bonchev–Trinajstić information content (AvgIpc) is 3.04. The van der Waals surface area contributed by atoms with Crippen LogP contribution in [0.3, 0.4) is 0 Å². The van der Waals surface area contributed by atoms with E-state index in [1.54, 1.807) is 24.3 Å². The van der Waals surface area contributed by atoms with Gasteiger partial charge in [0.15, 0.2) is 5.13 Å². The van der Waals surface area contributed by atoms with Crippen molar-refractivity contribution in [2.75, 3.05) is 16.2 Å². The SMILES string of the molecule is Cc1csc(NC(=O)CN2c3cccc4cccc(c34)S2(=O)=O)n1. The highest BCUT2D eigenvalue weighted by atomic mass is 32.2. The van der Waals surface area contributed by atoms with E-state index < -0.39 is 15.9 Å². The molecule has 0 saturated heterocycles. The minimum atomic E-state index is -3.73. The number of nitrogens with zero attached hydrogens (tertiary/aromatic N) is 2. The molecule has 0 unspecified atom stereocenters. The first-order valence-corrected chi connectivity index (χ1v) is 9.55. The fourth-order valence-corrected chi connectivity index (χ4v) is 5.20. The van der Waals surface area contributed by atoms with Gasteiger partial charge in [-0.1, -0.05) is 24.3 Å². The molecule has 2 heterocycles. The number of benzene rings is 2. The summed E-state index contributed by atoms with van der Waals surface area (Å²) in [6.07, 6.45) is 0. The molecule has 0 bridgehead atoms. The molecule has 1 N–H and O–H groups in total. The molecule has 1 amide bonds. The zero-order chi connectivity index (χ0) is 16.9. The maximum atomic E-state index is 12.8. The summed E-state index contributed by atoms with van der Waals surface area (Å²) in [5.41, 5.74) is 1.34. The predicted molar refractivity (Wildman–Crippen MR) is 94.0 cm³/mol. The molecule has 1 aliphatic rings. The smallest absolute Gasteiger partial charge is 0.265 e. The van der Waals surface area contributed by atoms with Crippen molar-refractivity contribution in [1.29, 1.82) is 0 Å². The molecule has 0 saturated carbocycles. The van der Waals surface area contributed by atoms with Crippen LogP contribution in [-0.4, -0.2) is 25.9 Å². The third-order valence-electron chi connectivity index (χ3n) is 3.83. The van der Waals surface area contributed by atoms with Crippen molar-refractivity contribution in [2.45, 2.75) is 11.8 Å². The topological polar surface area (TPSA) is 79.4 Å². The van der Waals surface area contributed by atoms with Gasteiger partial charge in [-0.05, 0) is 24.4 Å². The second-order valence-electron chi connectivity index (χ2n) is 5.49. The molecule has 1 aliphatic heterocycles. The normalized spacial score (nSPS) is 15.0. The second-order valence-corrected chi connectivity index (χ2v) is 8.17. The Balaban J connectivity index is 1.69. The first-order chi connectivity index (χ1) is 11.5. The third kappa shape index (κ3) is 2.26. The maximum Gasteiger partial charge on any atom is 0.265 e. The second kappa shape index (κ2) is 5.29. The fraction of sp³-hybridized carbons (Fsp3) is 0.125. The molecular formula is C16H13N3O3S2. The van der Waals surface area contributed by atoms with Gasteiger partial charge in [0.05, 0.1) is 16.3 Å². The minimum absolute atomic E-state index is 0.244. The molecule has 0 spiro atoms. The van der Waals surface area contributed by atoms with Crippen molar-refractivity contribution in [3.05, 3.63) is 47.5 Å². The van der Waals surface area contributed by atoms with Gasteiger partial charge in [-0.2, -0.15) is 0 Å². The number of nitrogens with one attached hydrogen (secondary N) is 1. The number of carbonyl (C=O) groups excluding carboxylic acids is 1. The fourth-order valence-electron chi connectivity index (χ4n) is 2.83. The molecule has 3 aromatic rings. The van der Waals surface area contributed by atoms with Gasteiger partial charge in [0.1, 0.15) is 6.54 Å². The summed E-state index contributed by atoms with van der Waals surface area (Å²) in [5, 5.41) is 6.43. The van der Waals surface area contributed by atoms with Gasteiger partial charge in [0, 0.05) is 10.8 Å². The van der Waals surface area contributed by atoms with Gasteiger partial charge in [0.2, 0.25) is 5.91 Å². The Labute approximate surface area is 142 Å². The monoisotopic (exact) mass is 359 g/mol. The van der Waals surface area contributed by atoms with Gasteiger partial charge < -0.3 is 5.32 Å². The van der Waals surface area contributed by atoms with Crippen molar-refractivity contribution in [3.63, 3.8) is 0 Å². The van der Waals surface area contributed by atoms with Crippen molar-refractivity contribution < 1.29 is 13.2 Å². The van der Waals surface area contributed by atoms with Gasteiger partial charge in [-0.25, -0.2) is 13.4 Å². The number of carbonyl (C=O) groups is 1. The van der Waals surface area contributed by atoms with Crippen LogP contribution in [0.25, 0.3) is 10.8 Å². The Morgan fingerprint density at radius 2 is 2.00 bits per heavy atom. The van der Waals surface area contributed by atoms with Crippen LogP contribution in [-0.2, 0) is 14.8 Å². The summed E-state index contributed by atoms with van der Waals surface area (Å²) in [6.45, 7) is 1.54. The molecular weight excluding hydrogens is 346 g/mol. The van der Waals surface area contributed by atoms with E-state index in [9.17, 15) is 13.2 Å². The van der Waals surface area contributed by atoms with Gasteiger partial charge in [0.25, 0.3) is 10.0 Å². The first kappa shape index (κ1) is 15.1. The van der Waals surface area contributed by atoms with Crippen molar-refractivity contribution >= 4 is 48.9 Å². The summed E-state index contributed by atoms with van der Waals surface area (Å²) >= 11 is 1.31. The van der Waals surface area contributed by atoms with Crippen molar-refractivity contribution in [3.8, 4) is 0 Å². The van der Waals surface area contributed by atoms with Gasteiger partial charge >= 0.3 is 0 Å². The molecule has 6 nitrogen and oxygen atoms in total. The van der Waals surface area contributed by atoms with Crippen molar-refractivity contribution in [1.82, 2.24) is 4.98 Å². The van der Waals surface area contributed by atoms with E-state index in [0.29, 0.717) is 16.2 Å². The van der Waals surface area contributed by atoms with E-state index in [-0.39, 0.29) is 11.4 Å². The number of anilines is 2.